The average molecular weight is 238 g/mol. The molecule has 1 aliphatic rings. The van der Waals surface area contributed by atoms with Gasteiger partial charge in [0.25, 0.3) is 0 Å². The Kier molecular flexibility index (Phi) is 5.95. The first-order chi connectivity index (χ1) is 8.15. The van der Waals surface area contributed by atoms with Crippen LogP contribution in [0.25, 0.3) is 0 Å². The number of hydrogen-bond acceptors (Lipinski definition) is 4. The topological polar surface area (TPSA) is 82.2 Å². The average Bonchev–Trinajstić information content (AvgIpc) is 2.31. The van der Waals surface area contributed by atoms with Crippen LogP contribution >= 0.6 is 0 Å². The lowest BCUT2D eigenvalue weighted by Crippen LogP contribution is -2.46. The Hall–Kier alpha value is -1.12. The predicted octanol–water partition coefficient (Wildman–Crippen LogP) is 0.218. The van der Waals surface area contributed by atoms with Crippen molar-refractivity contribution in [1.82, 2.24) is 10.2 Å². The molecule has 0 aromatic carbocycles. The van der Waals surface area contributed by atoms with E-state index in [1.165, 1.54) is 0 Å². The molecule has 0 radical (unpaired) electrons. The number of amides is 1. The Bertz CT molecular complexity index is 279. The van der Waals surface area contributed by atoms with Crippen molar-refractivity contribution in [2.75, 3.05) is 19.6 Å². The fourth-order valence-electron chi connectivity index (χ4n) is 2.00. The van der Waals surface area contributed by atoms with Gasteiger partial charge in [0.2, 0.25) is 5.91 Å². The van der Waals surface area contributed by atoms with Crippen LogP contribution in [0, 0.1) is 11.3 Å². The van der Waals surface area contributed by atoms with Gasteiger partial charge in [0.15, 0.2) is 0 Å². The van der Waals surface area contributed by atoms with Gasteiger partial charge < -0.3 is 11.1 Å². The summed E-state index contributed by atoms with van der Waals surface area (Å²) in [7, 11) is 0. The molecule has 0 spiro atoms. The highest BCUT2D eigenvalue weighted by atomic mass is 16.2. The summed E-state index contributed by atoms with van der Waals surface area (Å²) in [4.78, 5) is 13.9. The zero-order valence-corrected chi connectivity index (χ0v) is 10.5. The number of hydrogen-bond donors (Lipinski definition) is 2. The van der Waals surface area contributed by atoms with Crippen molar-refractivity contribution >= 4 is 5.91 Å². The van der Waals surface area contributed by atoms with Crippen LogP contribution in [0.5, 0.6) is 0 Å². The minimum Gasteiger partial charge on any atom is -0.351 e. The Morgan fingerprint density at radius 3 is 2.76 bits per heavy atom. The largest absolute Gasteiger partial charge is 0.351 e. The summed E-state index contributed by atoms with van der Waals surface area (Å²) < 4.78 is 0. The fourth-order valence-corrected chi connectivity index (χ4v) is 2.00. The maximum absolute atomic E-state index is 11.7. The van der Waals surface area contributed by atoms with Crippen LogP contribution in [0.3, 0.4) is 0 Å². The highest BCUT2D eigenvalue weighted by Crippen LogP contribution is 2.07. The number of carbonyl (C=O) groups is 1. The number of nitrogens with one attached hydrogen (secondary N) is 1. The van der Waals surface area contributed by atoms with Crippen molar-refractivity contribution in [2.24, 2.45) is 5.73 Å². The van der Waals surface area contributed by atoms with E-state index in [0.29, 0.717) is 13.0 Å². The molecule has 96 valence electrons. The number of nitrogens with zero attached hydrogens (tertiary/aromatic N) is 2. The second-order valence-corrected chi connectivity index (χ2v) is 4.65. The Balaban J connectivity index is 2.27. The third-order valence-corrected chi connectivity index (χ3v) is 3.20. The molecular weight excluding hydrogens is 216 g/mol. The SMILES string of the molecule is CCC(CC#N)NC(=O)CN1CCC(N)CC1. The van der Waals surface area contributed by atoms with E-state index in [9.17, 15) is 4.79 Å². The molecule has 1 heterocycles. The van der Waals surface area contributed by atoms with Crippen LogP contribution in [-0.4, -0.2) is 42.5 Å². The number of likely N-dealkylation sites (tertiary alicyclic amines) is 1. The highest BCUT2D eigenvalue weighted by molar-refractivity contribution is 5.78. The predicted molar refractivity (Wildman–Crippen MR) is 66.1 cm³/mol. The van der Waals surface area contributed by atoms with Crippen LogP contribution in [0.2, 0.25) is 0 Å². The normalized spacial score (nSPS) is 19.6. The van der Waals surface area contributed by atoms with E-state index in [-0.39, 0.29) is 18.0 Å². The van der Waals surface area contributed by atoms with Crippen molar-refractivity contribution in [3.8, 4) is 6.07 Å². The van der Waals surface area contributed by atoms with Gasteiger partial charge in [-0.25, -0.2) is 0 Å². The molecule has 5 heteroatoms. The van der Waals surface area contributed by atoms with Crippen molar-refractivity contribution in [3.05, 3.63) is 0 Å². The molecule has 1 fully saturated rings. The summed E-state index contributed by atoms with van der Waals surface area (Å²) in [6.45, 7) is 4.18. The first-order valence-electron chi connectivity index (χ1n) is 6.30. The van der Waals surface area contributed by atoms with Crippen LogP contribution in [0.15, 0.2) is 0 Å². The quantitative estimate of drug-likeness (QED) is 0.717. The maximum atomic E-state index is 11.7. The second kappa shape index (κ2) is 7.25. The van der Waals surface area contributed by atoms with E-state index in [4.69, 9.17) is 11.0 Å². The first-order valence-corrected chi connectivity index (χ1v) is 6.30. The third kappa shape index (κ3) is 5.16. The van der Waals surface area contributed by atoms with Gasteiger partial charge >= 0.3 is 0 Å². The van der Waals surface area contributed by atoms with Gasteiger partial charge in [-0.05, 0) is 19.3 Å². The summed E-state index contributed by atoms with van der Waals surface area (Å²) in [6.07, 6.45) is 3.10. The Morgan fingerprint density at radius 1 is 1.59 bits per heavy atom. The number of carbonyl (C=O) groups excluding carboxylic acids is 1. The Morgan fingerprint density at radius 2 is 2.24 bits per heavy atom. The van der Waals surface area contributed by atoms with Crippen molar-refractivity contribution in [2.45, 2.75) is 44.7 Å². The molecule has 1 unspecified atom stereocenters. The summed E-state index contributed by atoms with van der Waals surface area (Å²) in [6, 6.07) is 2.36. The van der Waals surface area contributed by atoms with Crippen LogP contribution < -0.4 is 11.1 Å². The van der Waals surface area contributed by atoms with E-state index in [0.717, 1.165) is 32.4 Å². The second-order valence-electron chi connectivity index (χ2n) is 4.65. The molecule has 0 aliphatic carbocycles. The van der Waals surface area contributed by atoms with Crippen molar-refractivity contribution < 1.29 is 4.79 Å². The number of rotatable bonds is 5. The molecule has 1 amide bonds. The molecule has 1 aliphatic heterocycles. The lowest BCUT2D eigenvalue weighted by atomic mass is 10.1. The summed E-state index contributed by atoms with van der Waals surface area (Å²) in [5, 5.41) is 11.5. The van der Waals surface area contributed by atoms with E-state index in [1.807, 2.05) is 6.92 Å². The lowest BCUT2D eigenvalue weighted by Gasteiger charge is -2.29. The van der Waals surface area contributed by atoms with Gasteiger partial charge in [0, 0.05) is 25.2 Å². The van der Waals surface area contributed by atoms with Gasteiger partial charge in [-0.1, -0.05) is 6.92 Å². The summed E-state index contributed by atoms with van der Waals surface area (Å²) in [5.74, 6) is 0.0163. The van der Waals surface area contributed by atoms with Gasteiger partial charge in [0.1, 0.15) is 0 Å². The molecule has 1 saturated heterocycles. The Labute approximate surface area is 103 Å². The summed E-state index contributed by atoms with van der Waals surface area (Å²) in [5.41, 5.74) is 5.81. The van der Waals surface area contributed by atoms with Gasteiger partial charge in [-0.3, -0.25) is 9.69 Å². The van der Waals surface area contributed by atoms with Crippen LogP contribution in [0.4, 0.5) is 0 Å². The monoisotopic (exact) mass is 238 g/mol. The highest BCUT2D eigenvalue weighted by Gasteiger charge is 2.19. The molecule has 0 aromatic rings. The number of nitrogens with two attached hydrogens (primary N) is 1. The molecule has 0 aromatic heterocycles. The van der Waals surface area contributed by atoms with Crippen molar-refractivity contribution in [3.63, 3.8) is 0 Å². The van der Waals surface area contributed by atoms with Crippen LogP contribution in [-0.2, 0) is 4.79 Å². The number of nitriles is 1. The van der Waals surface area contributed by atoms with E-state index < -0.39 is 0 Å². The van der Waals surface area contributed by atoms with E-state index >= 15 is 0 Å². The molecular formula is C12H22N4O. The van der Waals surface area contributed by atoms with E-state index in [2.05, 4.69) is 16.3 Å². The third-order valence-electron chi connectivity index (χ3n) is 3.20. The zero-order valence-electron chi connectivity index (χ0n) is 10.5. The minimum absolute atomic E-state index is 0.0143. The number of piperidine rings is 1. The summed E-state index contributed by atoms with van der Waals surface area (Å²) >= 11 is 0. The van der Waals surface area contributed by atoms with Gasteiger partial charge in [0.05, 0.1) is 19.0 Å². The minimum atomic E-state index is -0.0143. The molecule has 1 rings (SSSR count). The molecule has 1 atom stereocenters. The van der Waals surface area contributed by atoms with Crippen molar-refractivity contribution in [1.29, 1.82) is 5.26 Å². The van der Waals surface area contributed by atoms with Gasteiger partial charge in [-0.15, -0.1) is 0 Å². The maximum Gasteiger partial charge on any atom is 0.234 e. The molecule has 3 N–H and O–H groups in total. The van der Waals surface area contributed by atoms with E-state index in [1.54, 1.807) is 0 Å². The van der Waals surface area contributed by atoms with Crippen LogP contribution in [0.1, 0.15) is 32.6 Å². The fraction of sp³-hybridized carbons (Fsp3) is 0.833. The standard InChI is InChI=1S/C12H22N4O/c1-2-11(3-6-13)15-12(17)9-16-7-4-10(14)5-8-16/h10-11H,2-5,7-9,14H2,1H3,(H,15,17). The molecule has 17 heavy (non-hydrogen) atoms. The zero-order chi connectivity index (χ0) is 12.7. The lowest BCUT2D eigenvalue weighted by molar-refractivity contribution is -0.123. The molecule has 5 nitrogen and oxygen atoms in total. The molecule has 0 saturated carbocycles. The van der Waals surface area contributed by atoms with Gasteiger partial charge in [-0.2, -0.15) is 5.26 Å². The first kappa shape index (κ1) is 13.9. The molecule has 0 bridgehead atoms. The smallest absolute Gasteiger partial charge is 0.234 e.